The monoisotopic (exact) mass is 720 g/mol. The molecule has 1 heterocycles. The molecule has 0 atom stereocenters. The topological polar surface area (TPSA) is 103 Å². The number of carbonyl (C=O) groups is 3. The van der Waals surface area contributed by atoms with E-state index in [2.05, 4.69) is 46.1 Å². The average Bonchev–Trinajstić information content (AvgIpc) is 3.04. The third kappa shape index (κ3) is 7.22. The molecule has 1 aliphatic heterocycles. The van der Waals surface area contributed by atoms with Gasteiger partial charge in [-0.3, -0.25) is 19.8 Å². The first-order valence-corrected chi connectivity index (χ1v) is 15.6. The molecule has 1 N–H and O–H groups in total. The number of rotatable bonds is 12. The molecule has 0 saturated carbocycles. The van der Waals surface area contributed by atoms with Crippen molar-refractivity contribution in [3.63, 3.8) is 0 Å². The van der Waals surface area contributed by atoms with Crippen molar-refractivity contribution in [3.8, 4) is 23.0 Å². The summed E-state index contributed by atoms with van der Waals surface area (Å²) in [6.07, 6.45) is 2.29. The maximum absolute atomic E-state index is 13.5. The highest BCUT2D eigenvalue weighted by Gasteiger charge is 2.36. The Morgan fingerprint density at radius 1 is 0.867 bits per heavy atom. The van der Waals surface area contributed by atoms with Crippen LogP contribution in [0.4, 0.5) is 4.79 Å². The Bertz CT molecular complexity index is 1780. The third-order valence-corrected chi connectivity index (χ3v) is 7.91. The summed E-state index contributed by atoms with van der Waals surface area (Å²) in [4.78, 5) is 40.1. The summed E-state index contributed by atoms with van der Waals surface area (Å²) in [7, 11) is 1.52. The Kier molecular flexibility index (Phi) is 10.2. The zero-order valence-corrected chi connectivity index (χ0v) is 27.4. The van der Waals surface area contributed by atoms with Crippen LogP contribution in [-0.2, 0) is 22.7 Å². The molecule has 1 saturated heterocycles. The number of fused-ring (bicyclic) bond motifs is 1. The van der Waals surface area contributed by atoms with Gasteiger partial charge >= 0.3 is 6.03 Å². The van der Waals surface area contributed by atoms with E-state index in [1.165, 1.54) is 13.2 Å². The molecular formula is C35H33IN2O7. The molecule has 0 aliphatic carbocycles. The molecular weight excluding hydrogens is 687 g/mol. The van der Waals surface area contributed by atoms with Gasteiger partial charge in [0.05, 0.1) is 30.4 Å². The van der Waals surface area contributed by atoms with Crippen LogP contribution in [0.2, 0.25) is 0 Å². The number of hydrogen-bond acceptors (Lipinski definition) is 7. The van der Waals surface area contributed by atoms with Crippen molar-refractivity contribution in [3.05, 3.63) is 98.6 Å². The molecule has 45 heavy (non-hydrogen) atoms. The molecule has 0 aromatic heterocycles. The summed E-state index contributed by atoms with van der Waals surface area (Å²) in [6.45, 7) is 5.04. The highest BCUT2D eigenvalue weighted by atomic mass is 127. The van der Waals surface area contributed by atoms with Gasteiger partial charge < -0.3 is 18.9 Å². The first kappa shape index (κ1) is 31.8. The van der Waals surface area contributed by atoms with Crippen LogP contribution in [0.3, 0.4) is 0 Å². The minimum atomic E-state index is -0.797. The third-order valence-electron chi connectivity index (χ3n) is 7.11. The van der Waals surface area contributed by atoms with E-state index < -0.39 is 17.8 Å². The Morgan fingerprint density at radius 3 is 2.44 bits per heavy atom. The Morgan fingerprint density at radius 2 is 1.67 bits per heavy atom. The first-order chi connectivity index (χ1) is 21.8. The van der Waals surface area contributed by atoms with Crippen molar-refractivity contribution >= 4 is 57.3 Å². The molecule has 232 valence electrons. The molecule has 5 rings (SSSR count). The zero-order chi connectivity index (χ0) is 31.9. The van der Waals surface area contributed by atoms with E-state index in [9.17, 15) is 14.4 Å². The number of barbiturate groups is 1. The number of nitrogens with zero attached hydrogens (tertiary/aromatic N) is 1. The van der Waals surface area contributed by atoms with E-state index in [0.717, 1.165) is 31.2 Å². The molecule has 0 bridgehead atoms. The van der Waals surface area contributed by atoms with Crippen molar-refractivity contribution in [1.82, 2.24) is 10.2 Å². The van der Waals surface area contributed by atoms with Crippen LogP contribution in [0.25, 0.3) is 16.8 Å². The average molecular weight is 721 g/mol. The molecule has 1 aliphatic rings. The van der Waals surface area contributed by atoms with Crippen molar-refractivity contribution in [1.29, 1.82) is 0 Å². The van der Waals surface area contributed by atoms with Gasteiger partial charge in [0.1, 0.15) is 12.2 Å². The molecule has 0 radical (unpaired) electrons. The van der Waals surface area contributed by atoms with Gasteiger partial charge in [0, 0.05) is 0 Å². The fourth-order valence-corrected chi connectivity index (χ4v) is 5.75. The second kappa shape index (κ2) is 14.5. The van der Waals surface area contributed by atoms with Gasteiger partial charge in [-0.05, 0) is 93.7 Å². The van der Waals surface area contributed by atoms with Crippen LogP contribution >= 0.6 is 22.6 Å². The van der Waals surface area contributed by atoms with Gasteiger partial charge in [-0.15, -0.1) is 0 Å². The van der Waals surface area contributed by atoms with E-state index in [1.54, 1.807) is 30.3 Å². The lowest BCUT2D eigenvalue weighted by Gasteiger charge is -2.26. The Labute approximate surface area is 275 Å². The second-order valence-corrected chi connectivity index (χ2v) is 11.4. The largest absolute Gasteiger partial charge is 0.493 e. The standard InChI is InChI=1S/C35H33IN2O7/c1-4-15-44-29-14-13-22(18-30(29)42-3)20-38-34(40)27(33(39)37-35(38)41)16-23-17-28(36)32(31(19-23)43-5-2)45-21-25-11-8-10-24-9-6-7-12-26(24)25/h6-14,16-19H,4-5,15,20-21H2,1-3H3,(H,37,39,41)/b27-16+. The maximum Gasteiger partial charge on any atom is 0.331 e. The van der Waals surface area contributed by atoms with E-state index in [1.807, 2.05) is 38.1 Å². The number of methoxy groups -OCH3 is 1. The number of hydrogen-bond donors (Lipinski definition) is 1. The predicted octanol–water partition coefficient (Wildman–Crippen LogP) is 6.88. The number of urea groups is 1. The molecule has 0 unspecified atom stereocenters. The first-order valence-electron chi connectivity index (χ1n) is 14.6. The van der Waals surface area contributed by atoms with E-state index >= 15 is 0 Å². The van der Waals surface area contributed by atoms with Crippen LogP contribution < -0.4 is 24.3 Å². The predicted molar refractivity (Wildman–Crippen MR) is 179 cm³/mol. The molecule has 4 amide bonds. The lowest BCUT2D eigenvalue weighted by Crippen LogP contribution is -2.53. The molecule has 1 fully saturated rings. The van der Waals surface area contributed by atoms with E-state index in [-0.39, 0.29) is 12.1 Å². The van der Waals surface area contributed by atoms with Gasteiger partial charge in [0.25, 0.3) is 11.8 Å². The van der Waals surface area contributed by atoms with Crippen LogP contribution in [-0.4, -0.2) is 43.1 Å². The maximum atomic E-state index is 13.5. The lowest BCUT2D eigenvalue weighted by atomic mass is 10.1. The normalized spacial score (nSPS) is 14.1. The molecule has 4 aromatic carbocycles. The highest BCUT2D eigenvalue weighted by molar-refractivity contribution is 14.1. The number of amides is 4. The fraction of sp³-hybridized carbons (Fsp3) is 0.229. The summed E-state index contributed by atoms with van der Waals surface area (Å²) in [5.41, 5.74) is 2.04. The summed E-state index contributed by atoms with van der Waals surface area (Å²) >= 11 is 2.15. The van der Waals surface area contributed by atoms with Crippen LogP contribution in [0.15, 0.2) is 78.4 Å². The summed E-state index contributed by atoms with van der Waals surface area (Å²) < 4.78 is 24.1. The number of benzene rings is 4. The quantitative estimate of drug-likeness (QED) is 0.0968. The van der Waals surface area contributed by atoms with Crippen molar-refractivity contribution < 1.29 is 33.3 Å². The van der Waals surface area contributed by atoms with E-state index in [0.29, 0.717) is 53.9 Å². The van der Waals surface area contributed by atoms with Gasteiger partial charge in [-0.25, -0.2) is 4.79 Å². The SMILES string of the molecule is CCCOc1ccc(CN2C(=O)NC(=O)/C(=C\c3cc(I)c(OCc4cccc5ccccc45)c(OCC)c3)C2=O)cc1OC. The van der Waals surface area contributed by atoms with Crippen LogP contribution in [0, 0.1) is 3.57 Å². The summed E-state index contributed by atoms with van der Waals surface area (Å²) in [5, 5.41) is 4.51. The van der Waals surface area contributed by atoms with Crippen LogP contribution in [0.1, 0.15) is 37.0 Å². The van der Waals surface area contributed by atoms with Crippen molar-refractivity contribution in [2.24, 2.45) is 0 Å². The molecule has 9 nitrogen and oxygen atoms in total. The van der Waals surface area contributed by atoms with Gasteiger partial charge in [-0.1, -0.05) is 55.5 Å². The minimum Gasteiger partial charge on any atom is -0.493 e. The number of nitrogens with one attached hydrogen (secondary N) is 1. The minimum absolute atomic E-state index is 0.0671. The Balaban J connectivity index is 1.39. The molecule has 4 aromatic rings. The van der Waals surface area contributed by atoms with E-state index in [4.69, 9.17) is 18.9 Å². The second-order valence-electron chi connectivity index (χ2n) is 10.2. The lowest BCUT2D eigenvalue weighted by molar-refractivity contribution is -0.130. The van der Waals surface area contributed by atoms with Gasteiger partial charge in [0.15, 0.2) is 23.0 Å². The van der Waals surface area contributed by atoms with Crippen LogP contribution in [0.5, 0.6) is 23.0 Å². The van der Waals surface area contributed by atoms with Crippen molar-refractivity contribution in [2.75, 3.05) is 20.3 Å². The smallest absolute Gasteiger partial charge is 0.331 e. The highest BCUT2D eigenvalue weighted by Crippen LogP contribution is 2.36. The van der Waals surface area contributed by atoms with Gasteiger partial charge in [-0.2, -0.15) is 0 Å². The summed E-state index contributed by atoms with van der Waals surface area (Å²) in [5.74, 6) is 0.607. The number of carbonyl (C=O) groups excluding carboxylic acids is 3. The number of imide groups is 2. The zero-order valence-electron chi connectivity index (χ0n) is 25.2. The van der Waals surface area contributed by atoms with Crippen molar-refractivity contribution in [2.45, 2.75) is 33.4 Å². The fourth-order valence-electron chi connectivity index (χ4n) is 4.97. The number of halogens is 1. The Hall–Kier alpha value is -4.58. The molecule has 0 spiro atoms. The number of ether oxygens (including phenoxy) is 4. The summed E-state index contributed by atoms with van der Waals surface area (Å²) in [6, 6.07) is 22.1. The van der Waals surface area contributed by atoms with Gasteiger partial charge in [0.2, 0.25) is 0 Å². The molecule has 10 heteroatoms.